The van der Waals surface area contributed by atoms with Gasteiger partial charge in [0.2, 0.25) is 0 Å². The molecule has 2 amide bonds. The van der Waals surface area contributed by atoms with Crippen molar-refractivity contribution in [3.05, 3.63) is 64.0 Å². The van der Waals surface area contributed by atoms with E-state index in [0.29, 0.717) is 5.13 Å². The maximum atomic E-state index is 13.6. The number of aryl methyl sites for hydroxylation is 3. The lowest BCUT2D eigenvalue weighted by Crippen LogP contribution is -2.20. The second kappa shape index (κ2) is 7.21. The molecule has 0 bridgehead atoms. The number of amides is 2. The van der Waals surface area contributed by atoms with E-state index >= 15 is 0 Å². The minimum Gasteiger partial charge on any atom is -0.302 e. The predicted octanol–water partition coefficient (Wildman–Crippen LogP) is 5.66. The van der Waals surface area contributed by atoms with Crippen LogP contribution in [-0.2, 0) is 0 Å². The fourth-order valence-corrected chi connectivity index (χ4v) is 3.59. The van der Waals surface area contributed by atoms with Gasteiger partial charge in [-0.1, -0.05) is 23.8 Å². The molecule has 0 atom stereocenters. The van der Waals surface area contributed by atoms with Crippen molar-refractivity contribution in [3.8, 4) is 11.3 Å². The first-order valence-corrected chi connectivity index (χ1v) is 8.79. The van der Waals surface area contributed by atoms with Crippen LogP contribution in [0.15, 0.2) is 35.7 Å². The Morgan fingerprint density at radius 3 is 2.27 bits per heavy atom. The lowest BCUT2D eigenvalue weighted by Gasteiger charge is -2.09. The first kappa shape index (κ1) is 18.0. The zero-order valence-corrected chi connectivity index (χ0v) is 15.3. The summed E-state index contributed by atoms with van der Waals surface area (Å²) in [4.78, 5) is 16.4. The number of hydrogen-bond donors (Lipinski definition) is 2. The average molecular weight is 373 g/mol. The third kappa shape index (κ3) is 3.72. The van der Waals surface area contributed by atoms with Crippen molar-refractivity contribution in [2.24, 2.45) is 0 Å². The van der Waals surface area contributed by atoms with E-state index in [-0.39, 0.29) is 0 Å². The van der Waals surface area contributed by atoms with E-state index < -0.39 is 23.4 Å². The van der Waals surface area contributed by atoms with E-state index in [9.17, 15) is 13.6 Å². The number of para-hydroxylation sites is 1. The lowest BCUT2D eigenvalue weighted by atomic mass is 9.98. The first-order valence-electron chi connectivity index (χ1n) is 7.91. The highest BCUT2D eigenvalue weighted by molar-refractivity contribution is 7.14. The van der Waals surface area contributed by atoms with E-state index in [2.05, 4.69) is 27.8 Å². The van der Waals surface area contributed by atoms with Gasteiger partial charge in [-0.15, -0.1) is 11.3 Å². The highest BCUT2D eigenvalue weighted by Crippen LogP contribution is 2.31. The van der Waals surface area contributed by atoms with Gasteiger partial charge >= 0.3 is 6.03 Å². The van der Waals surface area contributed by atoms with Crippen LogP contribution in [0.5, 0.6) is 0 Å². The fourth-order valence-electron chi connectivity index (χ4n) is 2.89. The van der Waals surface area contributed by atoms with Crippen LogP contribution in [0.3, 0.4) is 0 Å². The van der Waals surface area contributed by atoms with E-state index in [1.165, 1.54) is 23.0 Å². The third-order valence-electron chi connectivity index (χ3n) is 3.86. The first-order chi connectivity index (χ1) is 12.3. The number of hydrogen-bond acceptors (Lipinski definition) is 3. The fraction of sp³-hybridized carbons (Fsp3) is 0.158. The Bertz CT molecular complexity index is 941. The zero-order chi connectivity index (χ0) is 18.8. The number of anilines is 2. The number of rotatable bonds is 3. The Morgan fingerprint density at radius 2 is 1.65 bits per heavy atom. The Labute approximate surface area is 153 Å². The molecule has 0 spiro atoms. The van der Waals surface area contributed by atoms with Crippen molar-refractivity contribution in [1.29, 1.82) is 0 Å². The molecule has 3 rings (SSSR count). The summed E-state index contributed by atoms with van der Waals surface area (Å²) in [7, 11) is 0. The summed E-state index contributed by atoms with van der Waals surface area (Å²) in [6, 6.07) is 6.76. The van der Waals surface area contributed by atoms with Crippen LogP contribution in [0.2, 0.25) is 0 Å². The van der Waals surface area contributed by atoms with Crippen molar-refractivity contribution in [3.63, 3.8) is 0 Å². The molecule has 0 fully saturated rings. The molecule has 3 aromatic rings. The number of carbonyl (C=O) groups excluding carboxylic acids is 1. The van der Waals surface area contributed by atoms with E-state index in [4.69, 9.17) is 0 Å². The van der Waals surface area contributed by atoms with Gasteiger partial charge in [0, 0.05) is 10.9 Å². The minimum absolute atomic E-state index is 0.341. The molecule has 0 saturated heterocycles. The van der Waals surface area contributed by atoms with Gasteiger partial charge in [0.15, 0.2) is 5.13 Å². The van der Waals surface area contributed by atoms with Gasteiger partial charge in [-0.2, -0.15) is 0 Å². The van der Waals surface area contributed by atoms with Gasteiger partial charge < -0.3 is 5.32 Å². The molecule has 4 nitrogen and oxygen atoms in total. The predicted molar refractivity (Wildman–Crippen MR) is 101 cm³/mol. The van der Waals surface area contributed by atoms with Crippen molar-refractivity contribution < 1.29 is 13.6 Å². The second-order valence-electron chi connectivity index (χ2n) is 5.99. The monoisotopic (exact) mass is 373 g/mol. The Hall–Kier alpha value is -2.80. The van der Waals surface area contributed by atoms with E-state index in [0.717, 1.165) is 34.5 Å². The summed E-state index contributed by atoms with van der Waals surface area (Å²) in [5.41, 5.74) is 4.63. The molecule has 2 aromatic carbocycles. The minimum atomic E-state index is -0.842. The van der Waals surface area contributed by atoms with E-state index in [1.54, 1.807) is 0 Å². The molecule has 0 unspecified atom stereocenters. The molecule has 0 radical (unpaired) electrons. The quantitative estimate of drug-likeness (QED) is 0.623. The van der Waals surface area contributed by atoms with Gasteiger partial charge in [-0.3, -0.25) is 5.32 Å². The number of nitrogens with one attached hydrogen (secondary N) is 2. The highest BCUT2D eigenvalue weighted by atomic mass is 32.1. The van der Waals surface area contributed by atoms with Gasteiger partial charge in [0.25, 0.3) is 0 Å². The number of urea groups is 1. The summed E-state index contributed by atoms with van der Waals surface area (Å²) >= 11 is 1.24. The zero-order valence-electron chi connectivity index (χ0n) is 14.5. The highest BCUT2D eigenvalue weighted by Gasteiger charge is 2.15. The van der Waals surface area contributed by atoms with Gasteiger partial charge in [0.1, 0.15) is 17.3 Å². The van der Waals surface area contributed by atoms with Gasteiger partial charge in [-0.05, 0) is 44.0 Å². The summed E-state index contributed by atoms with van der Waals surface area (Å²) in [6.07, 6.45) is 0. The average Bonchev–Trinajstić information content (AvgIpc) is 2.98. The molecule has 2 N–H and O–H groups in total. The van der Waals surface area contributed by atoms with Gasteiger partial charge in [-0.25, -0.2) is 18.6 Å². The molecule has 1 aromatic heterocycles. The molecule has 1 heterocycles. The molecular formula is C19H17F2N3OS. The number of aromatic nitrogens is 1. The molecule has 26 heavy (non-hydrogen) atoms. The van der Waals surface area contributed by atoms with Crippen LogP contribution in [0.4, 0.5) is 24.4 Å². The Balaban J connectivity index is 1.78. The van der Waals surface area contributed by atoms with Crippen LogP contribution >= 0.6 is 11.3 Å². The van der Waals surface area contributed by atoms with Crippen molar-refractivity contribution >= 4 is 28.2 Å². The molecule has 0 aliphatic heterocycles. The molecule has 0 saturated carbocycles. The Morgan fingerprint density at radius 1 is 1.04 bits per heavy atom. The topological polar surface area (TPSA) is 54.0 Å². The Kier molecular flexibility index (Phi) is 4.99. The molecule has 0 aliphatic rings. The maximum Gasteiger partial charge on any atom is 0.325 e. The van der Waals surface area contributed by atoms with Crippen LogP contribution < -0.4 is 10.6 Å². The van der Waals surface area contributed by atoms with Gasteiger partial charge in [0.05, 0.1) is 5.69 Å². The maximum absolute atomic E-state index is 13.6. The van der Waals surface area contributed by atoms with Crippen LogP contribution in [-0.4, -0.2) is 11.0 Å². The third-order valence-corrected chi connectivity index (χ3v) is 4.62. The van der Waals surface area contributed by atoms with Crippen LogP contribution in [0, 0.1) is 32.4 Å². The molecule has 0 aliphatic carbocycles. The van der Waals surface area contributed by atoms with Crippen LogP contribution in [0.25, 0.3) is 11.3 Å². The molecule has 7 heteroatoms. The molecule has 134 valence electrons. The molecular weight excluding hydrogens is 356 g/mol. The SMILES string of the molecule is Cc1cc(C)c(-c2csc(NC(=O)Nc3c(F)cccc3F)n2)c(C)c1. The van der Waals surface area contributed by atoms with E-state index in [1.807, 2.05) is 26.2 Å². The number of thiazole rings is 1. The standard InChI is InChI=1S/C19H17F2N3OS/c1-10-7-11(2)16(12(3)8-10)15-9-26-19(22-15)24-18(25)23-17-13(20)5-4-6-14(17)21/h4-9H,1-3H3,(H2,22,23,24,25). The largest absolute Gasteiger partial charge is 0.325 e. The van der Waals surface area contributed by atoms with Crippen LogP contribution in [0.1, 0.15) is 16.7 Å². The lowest BCUT2D eigenvalue weighted by molar-refractivity contribution is 0.262. The van der Waals surface area contributed by atoms with Crippen molar-refractivity contribution in [2.45, 2.75) is 20.8 Å². The number of halogens is 2. The smallest absolute Gasteiger partial charge is 0.302 e. The summed E-state index contributed by atoms with van der Waals surface area (Å²) < 4.78 is 27.2. The summed E-state index contributed by atoms with van der Waals surface area (Å²) in [5.74, 6) is -1.68. The van der Waals surface area contributed by atoms with Crippen molar-refractivity contribution in [1.82, 2.24) is 4.98 Å². The number of nitrogens with zero attached hydrogens (tertiary/aromatic N) is 1. The normalized spacial score (nSPS) is 10.7. The van der Waals surface area contributed by atoms with Crippen molar-refractivity contribution in [2.75, 3.05) is 10.6 Å². The summed E-state index contributed by atoms with van der Waals surface area (Å²) in [5, 5.41) is 6.86. The number of benzene rings is 2. The number of carbonyl (C=O) groups is 1. The summed E-state index contributed by atoms with van der Waals surface area (Å²) in [6.45, 7) is 6.05. The second-order valence-corrected chi connectivity index (χ2v) is 6.85.